The fourth-order valence-electron chi connectivity index (χ4n) is 1.99. The summed E-state index contributed by atoms with van der Waals surface area (Å²) in [5, 5.41) is 0. The van der Waals surface area contributed by atoms with Gasteiger partial charge >= 0.3 is 11.9 Å². The van der Waals surface area contributed by atoms with Gasteiger partial charge in [0.15, 0.2) is 0 Å². The molecule has 0 amide bonds. The SMILES string of the molecule is CCCCC/C=C\CCCC(=O)OC(C(=O)OCC)C(C)C. The van der Waals surface area contributed by atoms with Crippen LogP contribution in [0, 0.1) is 5.92 Å². The first-order valence-corrected chi connectivity index (χ1v) is 8.54. The summed E-state index contributed by atoms with van der Waals surface area (Å²) in [6.45, 7) is 7.91. The molecule has 0 aromatic heterocycles. The number of carbonyl (C=O) groups is 2. The van der Waals surface area contributed by atoms with Crippen molar-refractivity contribution in [2.24, 2.45) is 5.92 Å². The van der Waals surface area contributed by atoms with Crippen LogP contribution in [0.15, 0.2) is 12.2 Å². The van der Waals surface area contributed by atoms with Gasteiger partial charge in [0.05, 0.1) is 6.61 Å². The minimum Gasteiger partial charge on any atom is -0.463 e. The first kappa shape index (κ1) is 20.7. The predicted octanol–water partition coefficient (Wildman–Crippen LogP) is 4.42. The van der Waals surface area contributed by atoms with Crippen molar-refractivity contribution in [2.45, 2.75) is 78.7 Å². The third-order valence-electron chi connectivity index (χ3n) is 3.28. The Hall–Kier alpha value is -1.32. The van der Waals surface area contributed by atoms with Gasteiger partial charge in [-0.3, -0.25) is 4.79 Å². The molecule has 0 aromatic rings. The topological polar surface area (TPSA) is 52.6 Å². The highest BCUT2D eigenvalue weighted by atomic mass is 16.6. The normalized spacial score (nSPS) is 12.6. The third kappa shape index (κ3) is 10.4. The number of ether oxygens (including phenoxy) is 2. The molecule has 4 heteroatoms. The second kappa shape index (κ2) is 13.4. The zero-order valence-electron chi connectivity index (χ0n) is 14.6. The molecule has 0 heterocycles. The summed E-state index contributed by atoms with van der Waals surface area (Å²) in [7, 11) is 0. The van der Waals surface area contributed by atoms with Crippen molar-refractivity contribution in [3.05, 3.63) is 12.2 Å². The van der Waals surface area contributed by atoms with Crippen LogP contribution in [0.5, 0.6) is 0 Å². The molecule has 128 valence electrons. The number of hydrogen-bond acceptors (Lipinski definition) is 4. The average molecular weight is 312 g/mol. The lowest BCUT2D eigenvalue weighted by Gasteiger charge is -2.19. The van der Waals surface area contributed by atoms with Crippen LogP contribution in [0.25, 0.3) is 0 Å². The molecule has 22 heavy (non-hydrogen) atoms. The molecule has 1 atom stereocenters. The fraction of sp³-hybridized carbons (Fsp3) is 0.778. The van der Waals surface area contributed by atoms with Crippen LogP contribution in [-0.2, 0) is 19.1 Å². The molecular formula is C18H32O4. The van der Waals surface area contributed by atoms with E-state index in [-0.39, 0.29) is 11.9 Å². The molecule has 4 nitrogen and oxygen atoms in total. The van der Waals surface area contributed by atoms with E-state index in [2.05, 4.69) is 19.1 Å². The third-order valence-corrected chi connectivity index (χ3v) is 3.28. The van der Waals surface area contributed by atoms with E-state index in [4.69, 9.17) is 9.47 Å². The van der Waals surface area contributed by atoms with Crippen molar-refractivity contribution in [3.63, 3.8) is 0 Å². The standard InChI is InChI=1S/C18H32O4/c1-5-7-8-9-10-11-12-13-14-16(19)22-17(15(3)4)18(20)21-6-2/h10-11,15,17H,5-9,12-14H2,1-4H3/b11-10-. The monoisotopic (exact) mass is 312 g/mol. The Morgan fingerprint density at radius 2 is 1.64 bits per heavy atom. The number of allylic oxidation sites excluding steroid dienone is 2. The average Bonchev–Trinajstić information content (AvgIpc) is 2.47. The number of esters is 2. The van der Waals surface area contributed by atoms with Gasteiger partial charge < -0.3 is 9.47 Å². The quantitative estimate of drug-likeness (QED) is 0.304. The summed E-state index contributed by atoms with van der Waals surface area (Å²) in [5.74, 6) is -0.866. The van der Waals surface area contributed by atoms with Crippen LogP contribution >= 0.6 is 0 Å². The molecule has 0 aliphatic carbocycles. The number of carbonyl (C=O) groups excluding carboxylic acids is 2. The van der Waals surface area contributed by atoms with Crippen molar-refractivity contribution in [3.8, 4) is 0 Å². The van der Waals surface area contributed by atoms with E-state index in [9.17, 15) is 9.59 Å². The van der Waals surface area contributed by atoms with E-state index < -0.39 is 12.1 Å². The molecular weight excluding hydrogens is 280 g/mol. The molecule has 0 N–H and O–H groups in total. The van der Waals surface area contributed by atoms with Crippen LogP contribution in [0.4, 0.5) is 0 Å². The maximum atomic E-state index is 11.8. The number of unbranched alkanes of at least 4 members (excludes halogenated alkanes) is 4. The second-order valence-corrected chi connectivity index (χ2v) is 5.77. The summed E-state index contributed by atoms with van der Waals surface area (Å²) in [5.41, 5.74) is 0. The highest BCUT2D eigenvalue weighted by molar-refractivity contribution is 5.79. The molecule has 0 rings (SSSR count). The molecule has 1 unspecified atom stereocenters. The molecule has 0 fully saturated rings. The Morgan fingerprint density at radius 3 is 2.18 bits per heavy atom. The van der Waals surface area contributed by atoms with Gasteiger partial charge in [0.2, 0.25) is 6.10 Å². The Labute approximate surface area is 135 Å². The lowest BCUT2D eigenvalue weighted by Crippen LogP contribution is -2.33. The van der Waals surface area contributed by atoms with E-state index in [1.165, 1.54) is 19.3 Å². The summed E-state index contributed by atoms with van der Waals surface area (Å²) in [6.07, 6.45) is 10.3. The molecule has 0 aliphatic heterocycles. The summed E-state index contributed by atoms with van der Waals surface area (Å²) in [6, 6.07) is 0. The largest absolute Gasteiger partial charge is 0.463 e. The minimum atomic E-state index is -0.794. The van der Waals surface area contributed by atoms with E-state index >= 15 is 0 Å². The van der Waals surface area contributed by atoms with Gasteiger partial charge in [-0.25, -0.2) is 4.79 Å². The number of hydrogen-bond donors (Lipinski definition) is 0. The van der Waals surface area contributed by atoms with Crippen molar-refractivity contribution >= 4 is 11.9 Å². The molecule has 0 bridgehead atoms. The summed E-state index contributed by atoms with van der Waals surface area (Å²) >= 11 is 0. The Morgan fingerprint density at radius 1 is 1.00 bits per heavy atom. The molecule has 0 radical (unpaired) electrons. The Bertz CT molecular complexity index is 334. The van der Waals surface area contributed by atoms with Crippen LogP contribution in [0.3, 0.4) is 0 Å². The van der Waals surface area contributed by atoms with E-state index in [1.807, 2.05) is 13.8 Å². The zero-order valence-corrected chi connectivity index (χ0v) is 14.6. The second-order valence-electron chi connectivity index (χ2n) is 5.77. The van der Waals surface area contributed by atoms with Gasteiger partial charge in [-0.2, -0.15) is 0 Å². The van der Waals surface area contributed by atoms with Crippen molar-refractivity contribution in [2.75, 3.05) is 6.61 Å². The van der Waals surface area contributed by atoms with Gasteiger partial charge in [0.1, 0.15) is 0 Å². The van der Waals surface area contributed by atoms with E-state index in [0.717, 1.165) is 19.3 Å². The van der Waals surface area contributed by atoms with Crippen LogP contribution in [0.1, 0.15) is 72.6 Å². The minimum absolute atomic E-state index is 0.0820. The number of rotatable bonds is 12. The lowest BCUT2D eigenvalue weighted by atomic mass is 10.1. The van der Waals surface area contributed by atoms with Crippen molar-refractivity contribution < 1.29 is 19.1 Å². The van der Waals surface area contributed by atoms with Crippen LogP contribution in [0.2, 0.25) is 0 Å². The maximum absolute atomic E-state index is 11.8. The highest BCUT2D eigenvalue weighted by Gasteiger charge is 2.27. The first-order valence-electron chi connectivity index (χ1n) is 8.54. The van der Waals surface area contributed by atoms with Crippen LogP contribution < -0.4 is 0 Å². The molecule has 0 saturated heterocycles. The first-order chi connectivity index (χ1) is 10.5. The van der Waals surface area contributed by atoms with Crippen molar-refractivity contribution in [1.29, 1.82) is 0 Å². The smallest absolute Gasteiger partial charge is 0.347 e. The van der Waals surface area contributed by atoms with Crippen LogP contribution in [-0.4, -0.2) is 24.6 Å². The maximum Gasteiger partial charge on any atom is 0.347 e. The van der Waals surface area contributed by atoms with Crippen molar-refractivity contribution in [1.82, 2.24) is 0 Å². The fourth-order valence-corrected chi connectivity index (χ4v) is 1.99. The van der Waals surface area contributed by atoms with E-state index in [1.54, 1.807) is 6.92 Å². The Kier molecular flexibility index (Phi) is 12.5. The summed E-state index contributed by atoms with van der Waals surface area (Å²) in [4.78, 5) is 23.5. The van der Waals surface area contributed by atoms with Gasteiger partial charge in [0, 0.05) is 12.3 Å². The lowest BCUT2D eigenvalue weighted by molar-refractivity contribution is -0.170. The molecule has 0 saturated carbocycles. The van der Waals surface area contributed by atoms with Gasteiger partial charge in [-0.15, -0.1) is 0 Å². The van der Waals surface area contributed by atoms with Gasteiger partial charge in [-0.05, 0) is 32.6 Å². The molecule has 0 aromatic carbocycles. The van der Waals surface area contributed by atoms with Gasteiger partial charge in [-0.1, -0.05) is 45.8 Å². The molecule has 0 spiro atoms. The molecule has 0 aliphatic rings. The summed E-state index contributed by atoms with van der Waals surface area (Å²) < 4.78 is 10.2. The van der Waals surface area contributed by atoms with E-state index in [0.29, 0.717) is 13.0 Å². The van der Waals surface area contributed by atoms with Gasteiger partial charge in [0.25, 0.3) is 0 Å². The zero-order chi connectivity index (χ0) is 16.8. The predicted molar refractivity (Wildman–Crippen MR) is 88.5 cm³/mol. The highest BCUT2D eigenvalue weighted by Crippen LogP contribution is 2.11. The Balaban J connectivity index is 3.93.